The normalized spacial score (nSPS) is 30.1. The van der Waals surface area contributed by atoms with Crippen LogP contribution in [0.1, 0.15) is 12.8 Å². The molecular formula is C18H23N3O2. The van der Waals surface area contributed by atoms with Crippen molar-refractivity contribution < 1.29 is 4.92 Å². The summed E-state index contributed by atoms with van der Waals surface area (Å²) >= 11 is 0. The number of piperazine rings is 1. The van der Waals surface area contributed by atoms with Crippen LogP contribution >= 0.6 is 0 Å². The second kappa shape index (κ2) is 5.96. The molecule has 1 aliphatic heterocycles. The molecule has 3 unspecified atom stereocenters. The third-order valence-electron chi connectivity index (χ3n) is 5.71. The molecule has 2 fully saturated rings. The van der Waals surface area contributed by atoms with Crippen molar-refractivity contribution in [1.29, 1.82) is 0 Å². The fraction of sp³-hybridized carbons (Fsp3) is 0.556. The van der Waals surface area contributed by atoms with E-state index < -0.39 is 0 Å². The van der Waals surface area contributed by atoms with Crippen LogP contribution in [0.2, 0.25) is 0 Å². The van der Waals surface area contributed by atoms with Crippen molar-refractivity contribution in [3.8, 4) is 0 Å². The first-order valence-electron chi connectivity index (χ1n) is 8.59. The number of anilines is 1. The summed E-state index contributed by atoms with van der Waals surface area (Å²) in [5, 5.41) is 10.7. The Bertz CT molecular complexity index is 605. The summed E-state index contributed by atoms with van der Waals surface area (Å²) in [5.41, 5.74) is 1.26. The molecule has 0 aromatic heterocycles. The topological polar surface area (TPSA) is 49.6 Å². The van der Waals surface area contributed by atoms with Gasteiger partial charge < -0.3 is 4.90 Å². The number of benzene rings is 1. The van der Waals surface area contributed by atoms with Gasteiger partial charge in [0.25, 0.3) is 5.69 Å². The van der Waals surface area contributed by atoms with Gasteiger partial charge in [0.1, 0.15) is 0 Å². The number of non-ortho nitro benzene ring substituents is 1. The van der Waals surface area contributed by atoms with Gasteiger partial charge in [-0.15, -0.1) is 0 Å². The highest BCUT2D eigenvalue weighted by Gasteiger charge is 2.36. The minimum absolute atomic E-state index is 0.164. The van der Waals surface area contributed by atoms with E-state index in [1.54, 1.807) is 12.1 Å². The summed E-state index contributed by atoms with van der Waals surface area (Å²) in [6.45, 7) is 5.44. The third-order valence-corrected chi connectivity index (χ3v) is 5.71. The molecule has 1 saturated heterocycles. The molecule has 0 N–H and O–H groups in total. The molecule has 1 heterocycles. The highest BCUT2D eigenvalue weighted by molar-refractivity contribution is 5.51. The first-order valence-corrected chi connectivity index (χ1v) is 8.59. The molecule has 1 saturated carbocycles. The number of rotatable bonds is 4. The van der Waals surface area contributed by atoms with Crippen LogP contribution in [0.15, 0.2) is 36.4 Å². The van der Waals surface area contributed by atoms with E-state index in [1.165, 1.54) is 19.4 Å². The molecule has 23 heavy (non-hydrogen) atoms. The van der Waals surface area contributed by atoms with Crippen LogP contribution in [-0.4, -0.2) is 42.5 Å². The Kier molecular flexibility index (Phi) is 3.81. The van der Waals surface area contributed by atoms with E-state index in [1.807, 2.05) is 12.1 Å². The van der Waals surface area contributed by atoms with Crippen molar-refractivity contribution in [2.24, 2.45) is 17.8 Å². The van der Waals surface area contributed by atoms with Crippen molar-refractivity contribution >= 4 is 11.4 Å². The quantitative estimate of drug-likeness (QED) is 0.487. The standard InChI is InChI=1S/C18H23N3O2/c22-21(23)18-5-3-17(4-6-18)20-9-7-19(8-10-20)13-16-12-14-1-2-15(16)11-14/h1-6,14-16H,7-13H2. The van der Waals surface area contributed by atoms with Crippen molar-refractivity contribution in [3.63, 3.8) is 0 Å². The van der Waals surface area contributed by atoms with E-state index >= 15 is 0 Å². The van der Waals surface area contributed by atoms with Crippen LogP contribution in [0.3, 0.4) is 0 Å². The average molecular weight is 313 g/mol. The molecule has 2 aliphatic carbocycles. The molecule has 5 nitrogen and oxygen atoms in total. The average Bonchev–Trinajstić information content (AvgIpc) is 3.18. The van der Waals surface area contributed by atoms with Crippen molar-refractivity contribution in [2.75, 3.05) is 37.6 Å². The van der Waals surface area contributed by atoms with Gasteiger partial charge >= 0.3 is 0 Å². The number of hydrogen-bond acceptors (Lipinski definition) is 4. The number of nitro groups is 1. The summed E-state index contributed by atoms with van der Waals surface area (Å²) in [6, 6.07) is 6.94. The molecule has 0 amide bonds. The lowest BCUT2D eigenvalue weighted by molar-refractivity contribution is -0.384. The van der Waals surface area contributed by atoms with Crippen LogP contribution in [0.25, 0.3) is 0 Å². The van der Waals surface area contributed by atoms with Gasteiger partial charge in [-0.3, -0.25) is 15.0 Å². The Labute approximate surface area is 136 Å². The van der Waals surface area contributed by atoms with E-state index in [0.29, 0.717) is 0 Å². The molecule has 4 rings (SSSR count). The molecule has 1 aromatic carbocycles. The zero-order valence-corrected chi connectivity index (χ0v) is 13.3. The van der Waals surface area contributed by atoms with Crippen molar-refractivity contribution in [1.82, 2.24) is 4.90 Å². The Morgan fingerprint density at radius 1 is 1.04 bits per heavy atom. The van der Waals surface area contributed by atoms with Gasteiger partial charge in [0.2, 0.25) is 0 Å². The summed E-state index contributed by atoms with van der Waals surface area (Å²) in [4.78, 5) is 15.3. The SMILES string of the molecule is O=[N+]([O-])c1ccc(N2CCN(CC3CC4C=CC3C4)CC2)cc1. The Morgan fingerprint density at radius 3 is 2.35 bits per heavy atom. The molecule has 2 bridgehead atoms. The van der Waals surface area contributed by atoms with Gasteiger partial charge in [-0.2, -0.15) is 0 Å². The van der Waals surface area contributed by atoms with Crippen LogP contribution < -0.4 is 4.90 Å². The van der Waals surface area contributed by atoms with Crippen molar-refractivity contribution in [2.45, 2.75) is 12.8 Å². The lowest BCUT2D eigenvalue weighted by atomic mass is 9.93. The summed E-state index contributed by atoms with van der Waals surface area (Å²) in [7, 11) is 0. The number of hydrogen-bond donors (Lipinski definition) is 0. The number of nitro benzene ring substituents is 1. The highest BCUT2D eigenvalue weighted by atomic mass is 16.6. The van der Waals surface area contributed by atoms with Gasteiger partial charge in [0, 0.05) is 50.5 Å². The zero-order valence-electron chi connectivity index (χ0n) is 13.3. The lowest BCUT2D eigenvalue weighted by Gasteiger charge is -2.38. The first kappa shape index (κ1) is 14.7. The van der Waals surface area contributed by atoms with Gasteiger partial charge in [0.05, 0.1) is 4.92 Å². The zero-order chi connectivity index (χ0) is 15.8. The van der Waals surface area contributed by atoms with Gasteiger partial charge in [-0.1, -0.05) is 12.2 Å². The van der Waals surface area contributed by atoms with E-state index in [4.69, 9.17) is 0 Å². The van der Waals surface area contributed by atoms with Gasteiger partial charge in [0.15, 0.2) is 0 Å². The molecule has 0 radical (unpaired) electrons. The van der Waals surface area contributed by atoms with Gasteiger partial charge in [-0.25, -0.2) is 0 Å². The molecular weight excluding hydrogens is 290 g/mol. The number of allylic oxidation sites excluding steroid dienone is 2. The fourth-order valence-corrected chi connectivity index (χ4v) is 4.41. The molecule has 3 atom stereocenters. The maximum absolute atomic E-state index is 10.7. The van der Waals surface area contributed by atoms with E-state index in [2.05, 4.69) is 22.0 Å². The van der Waals surface area contributed by atoms with Crippen molar-refractivity contribution in [3.05, 3.63) is 46.5 Å². The molecule has 122 valence electrons. The third kappa shape index (κ3) is 2.98. The molecule has 5 heteroatoms. The minimum atomic E-state index is -0.342. The largest absolute Gasteiger partial charge is 0.369 e. The second-order valence-corrected chi connectivity index (χ2v) is 7.10. The highest BCUT2D eigenvalue weighted by Crippen LogP contribution is 2.43. The smallest absolute Gasteiger partial charge is 0.269 e. The Hall–Kier alpha value is -1.88. The van der Waals surface area contributed by atoms with Crippen LogP contribution in [0.5, 0.6) is 0 Å². The Morgan fingerprint density at radius 2 is 1.78 bits per heavy atom. The predicted octanol–water partition coefficient (Wildman–Crippen LogP) is 2.93. The monoisotopic (exact) mass is 313 g/mol. The maximum Gasteiger partial charge on any atom is 0.269 e. The molecule has 3 aliphatic rings. The van der Waals surface area contributed by atoms with E-state index in [-0.39, 0.29) is 10.6 Å². The number of nitrogens with zero attached hydrogens (tertiary/aromatic N) is 3. The van der Waals surface area contributed by atoms with E-state index in [9.17, 15) is 10.1 Å². The summed E-state index contributed by atoms with van der Waals surface area (Å²) < 4.78 is 0. The molecule has 1 aromatic rings. The van der Waals surface area contributed by atoms with Gasteiger partial charge in [-0.05, 0) is 42.7 Å². The summed E-state index contributed by atoms with van der Waals surface area (Å²) in [6.07, 6.45) is 7.61. The Balaban J connectivity index is 1.30. The van der Waals surface area contributed by atoms with Crippen LogP contribution in [0.4, 0.5) is 11.4 Å². The lowest BCUT2D eigenvalue weighted by Crippen LogP contribution is -2.48. The fourth-order valence-electron chi connectivity index (χ4n) is 4.41. The number of fused-ring (bicyclic) bond motifs is 2. The predicted molar refractivity (Wildman–Crippen MR) is 90.6 cm³/mol. The van der Waals surface area contributed by atoms with E-state index in [0.717, 1.165) is 49.6 Å². The maximum atomic E-state index is 10.7. The molecule has 0 spiro atoms. The summed E-state index contributed by atoms with van der Waals surface area (Å²) in [5.74, 6) is 2.54. The minimum Gasteiger partial charge on any atom is -0.369 e. The second-order valence-electron chi connectivity index (χ2n) is 7.10. The first-order chi connectivity index (χ1) is 11.2. The van der Waals surface area contributed by atoms with Crippen LogP contribution in [0, 0.1) is 27.9 Å². The van der Waals surface area contributed by atoms with Crippen LogP contribution in [-0.2, 0) is 0 Å².